The van der Waals surface area contributed by atoms with Gasteiger partial charge in [-0.25, -0.2) is 0 Å². The van der Waals surface area contributed by atoms with Crippen molar-refractivity contribution < 1.29 is 25.9 Å². The number of aryl methyl sites for hydroxylation is 4. The van der Waals surface area contributed by atoms with Crippen LogP contribution in [-0.4, -0.2) is 64.5 Å². The summed E-state index contributed by atoms with van der Waals surface area (Å²) in [7, 11) is 4.22. The smallest absolute Gasteiger partial charge is 0.140 e. The van der Waals surface area contributed by atoms with Crippen LogP contribution < -0.4 is 29.4 Å². The van der Waals surface area contributed by atoms with Gasteiger partial charge < -0.3 is 56.9 Å². The molecule has 0 atom stereocenters. The van der Waals surface area contributed by atoms with Crippen LogP contribution in [0.3, 0.4) is 0 Å². The molecule has 0 bridgehead atoms. The summed E-state index contributed by atoms with van der Waals surface area (Å²) in [5.74, 6) is 0. The molecule has 12 heteroatoms. The molecule has 0 saturated heterocycles. The Bertz CT molecular complexity index is 6850. The second-order valence-corrected chi connectivity index (χ2v) is 27.8. The van der Waals surface area contributed by atoms with Crippen LogP contribution in [0, 0.1) is 27.7 Å². The molecule has 4 aliphatic rings. The number of hydrogen-bond donors (Lipinski definition) is 0. The van der Waals surface area contributed by atoms with Crippen molar-refractivity contribution in [2.24, 2.45) is 0 Å². The summed E-state index contributed by atoms with van der Waals surface area (Å²) in [4.78, 5) is 15.9. The van der Waals surface area contributed by atoms with Gasteiger partial charge in [-0.3, -0.25) is 0 Å². The van der Waals surface area contributed by atoms with Crippen molar-refractivity contribution >= 4 is 176 Å². The minimum atomic E-state index is -2.21. The zero-order valence-corrected chi connectivity index (χ0v) is 58.4. The van der Waals surface area contributed by atoms with E-state index in [9.17, 15) is 0 Å². The average molecular weight is 1360 g/mol. The SMILES string of the molecule is Cc1c(N2C=CN(C)C2)ccc2c1oc1cc3ccccc3cc12.Cc1c(N2CN(C)c3ccccc32)ccc2c1oc1cc3ccccc3cc12.[2H]C([2H])([2H])N1C=CN(c2ccc3c(oc4cc5ccccc5cc43)c2C)C1.[2H]C([2H])([2H])N1CN(c2ccc3c(oc4cc5ccccc5cc43)c2C)c2ccccc21. The van der Waals surface area contributed by atoms with Crippen LogP contribution in [0.5, 0.6) is 0 Å². The Morgan fingerprint density at radius 1 is 0.260 bits per heavy atom. The second kappa shape index (κ2) is 24.5. The summed E-state index contributed by atoms with van der Waals surface area (Å²) >= 11 is 0. The van der Waals surface area contributed by atoms with Gasteiger partial charge in [0.2, 0.25) is 0 Å². The van der Waals surface area contributed by atoms with Gasteiger partial charge in [0.15, 0.2) is 0 Å². The molecule has 0 N–H and O–H groups in total. The van der Waals surface area contributed by atoms with E-state index in [1.54, 1.807) is 12.4 Å². The summed E-state index contributed by atoms with van der Waals surface area (Å²) in [6, 6.07) is 84.0. The predicted molar refractivity (Wildman–Crippen MR) is 436 cm³/mol. The fraction of sp³-hybridized carbons (Fsp3) is 0.130. The van der Waals surface area contributed by atoms with E-state index in [0.29, 0.717) is 6.67 Å². The minimum Gasteiger partial charge on any atom is -0.456 e. The van der Waals surface area contributed by atoms with Crippen LogP contribution in [0.15, 0.2) is 285 Å². The third-order valence-corrected chi connectivity index (χ3v) is 21.4. The highest BCUT2D eigenvalue weighted by Gasteiger charge is 2.29. The molecular formula is C92H76N8O4. The lowest BCUT2D eigenvalue weighted by atomic mass is 10.0. The molecule has 508 valence electrons. The molecule has 4 aliphatic heterocycles. The van der Waals surface area contributed by atoms with Gasteiger partial charge in [-0.15, -0.1) is 0 Å². The molecule has 22 rings (SSSR count). The van der Waals surface area contributed by atoms with Gasteiger partial charge in [0.05, 0.1) is 49.4 Å². The number of benzene rings is 14. The van der Waals surface area contributed by atoms with Crippen molar-refractivity contribution in [1.29, 1.82) is 0 Å². The first kappa shape index (κ1) is 55.9. The van der Waals surface area contributed by atoms with E-state index in [-0.39, 0.29) is 6.67 Å². The molecule has 8 heterocycles. The lowest BCUT2D eigenvalue weighted by molar-refractivity contribution is 0.495. The topological polar surface area (TPSA) is 78.5 Å². The number of fused-ring (bicyclic) bond motifs is 18. The molecule has 0 aliphatic carbocycles. The quantitative estimate of drug-likeness (QED) is 0.168. The Hall–Kier alpha value is -12.8. The number of hydrogen-bond acceptors (Lipinski definition) is 12. The predicted octanol–water partition coefficient (Wildman–Crippen LogP) is 23.6. The van der Waals surface area contributed by atoms with Crippen LogP contribution in [0.1, 0.15) is 30.5 Å². The van der Waals surface area contributed by atoms with Crippen LogP contribution in [0.25, 0.3) is 131 Å². The zero-order chi connectivity index (χ0) is 75.2. The normalized spacial score (nSPS) is 15.2. The molecule has 0 fully saturated rings. The molecule has 18 aromatic rings. The Morgan fingerprint density at radius 3 is 0.875 bits per heavy atom. The van der Waals surface area contributed by atoms with Crippen LogP contribution in [0.2, 0.25) is 0 Å². The van der Waals surface area contributed by atoms with Crippen LogP contribution in [-0.2, 0) is 0 Å². The number of rotatable bonds is 4. The molecule has 0 unspecified atom stereocenters. The summed E-state index contributed by atoms with van der Waals surface area (Å²) in [5.41, 5.74) is 20.1. The fourth-order valence-corrected chi connectivity index (χ4v) is 16.1. The van der Waals surface area contributed by atoms with E-state index in [0.717, 1.165) is 124 Å². The van der Waals surface area contributed by atoms with Gasteiger partial charge in [-0.1, -0.05) is 121 Å². The Labute approximate surface area is 610 Å². The van der Waals surface area contributed by atoms with E-state index >= 15 is 0 Å². The highest BCUT2D eigenvalue weighted by Crippen LogP contribution is 2.47. The Kier molecular flexibility index (Phi) is 13.2. The van der Waals surface area contributed by atoms with E-state index < -0.39 is 14.0 Å². The maximum atomic E-state index is 7.96. The number of nitrogens with zero attached hydrogens (tertiary/aromatic N) is 8. The van der Waals surface area contributed by atoms with Crippen molar-refractivity contribution in [1.82, 2.24) is 9.80 Å². The van der Waals surface area contributed by atoms with Gasteiger partial charge in [0.25, 0.3) is 0 Å². The molecule has 0 radical (unpaired) electrons. The van der Waals surface area contributed by atoms with Gasteiger partial charge in [-0.05, 0) is 192 Å². The second-order valence-electron chi connectivity index (χ2n) is 27.8. The zero-order valence-electron chi connectivity index (χ0n) is 64.4. The third kappa shape index (κ3) is 10.3. The van der Waals surface area contributed by atoms with Crippen molar-refractivity contribution in [2.75, 3.05) is 84.1 Å². The molecule has 104 heavy (non-hydrogen) atoms. The Morgan fingerprint density at radius 2 is 0.548 bits per heavy atom. The molecular weight excluding hydrogens is 1280 g/mol. The standard InChI is InChI=1S/2C25H20N2O.2C21H18N2O/c2*1-16-21(27-15-26(2)22-9-5-6-10-23(22)27)12-11-19-20-13-17-7-3-4-8-18(17)14-24(20)28-25(16)19;2*1-14-19(23-10-9-22(2)13-23)8-7-17-18-11-15-5-3-4-6-16(15)12-20(18)24-21(14)17/h2*3-14H,15H2,1-2H3;2*3-12H,13H2,1-2H3/i2D3;;2D3;. The molecule has 0 amide bonds. The number of furan rings is 4. The maximum absolute atomic E-state index is 7.96. The van der Waals surface area contributed by atoms with E-state index in [1.165, 1.54) is 97.5 Å². The summed E-state index contributed by atoms with van der Waals surface area (Å²) in [6.07, 6.45) is 7.62. The van der Waals surface area contributed by atoms with Crippen molar-refractivity contribution in [2.45, 2.75) is 27.7 Å². The monoisotopic (exact) mass is 1360 g/mol. The molecule has 12 nitrogen and oxygen atoms in total. The van der Waals surface area contributed by atoms with Gasteiger partial charge in [0, 0.05) is 149 Å². The molecule has 4 aromatic heterocycles. The number of para-hydroxylation sites is 4. The van der Waals surface area contributed by atoms with E-state index in [2.05, 4.69) is 253 Å². The lowest BCUT2D eigenvalue weighted by Crippen LogP contribution is -2.24. The number of anilines is 8. The third-order valence-electron chi connectivity index (χ3n) is 21.4. The Balaban J connectivity index is 0.0000000997. The first-order chi connectivity index (χ1) is 53.2. The highest BCUT2D eigenvalue weighted by molar-refractivity contribution is 6.16. The minimum absolute atomic E-state index is 0.270. The van der Waals surface area contributed by atoms with Crippen molar-refractivity contribution in [3.8, 4) is 0 Å². The summed E-state index contributed by atoms with van der Waals surface area (Å²) < 4.78 is 71.7. The maximum Gasteiger partial charge on any atom is 0.140 e. The molecule has 14 aromatic carbocycles. The van der Waals surface area contributed by atoms with Gasteiger partial charge in [0.1, 0.15) is 44.7 Å². The van der Waals surface area contributed by atoms with Crippen molar-refractivity contribution in [3.05, 3.63) is 290 Å². The fourth-order valence-electron chi connectivity index (χ4n) is 16.1. The first-order valence-electron chi connectivity index (χ1n) is 38.2. The summed E-state index contributed by atoms with van der Waals surface area (Å²) in [6.45, 7) is 6.31. The molecule has 0 spiro atoms. The van der Waals surface area contributed by atoms with Crippen LogP contribution in [0.4, 0.5) is 45.5 Å². The van der Waals surface area contributed by atoms with E-state index in [1.807, 2.05) is 73.3 Å². The largest absolute Gasteiger partial charge is 0.456 e. The van der Waals surface area contributed by atoms with E-state index in [4.69, 9.17) is 25.9 Å². The summed E-state index contributed by atoms with van der Waals surface area (Å²) in [5, 5.41) is 18.7. The van der Waals surface area contributed by atoms with Gasteiger partial charge >= 0.3 is 0 Å². The van der Waals surface area contributed by atoms with Crippen LogP contribution >= 0.6 is 0 Å². The first-order valence-corrected chi connectivity index (χ1v) is 35.2. The molecule has 0 saturated carbocycles. The highest BCUT2D eigenvalue weighted by atomic mass is 16.3. The van der Waals surface area contributed by atoms with Gasteiger partial charge in [-0.2, -0.15) is 0 Å². The van der Waals surface area contributed by atoms with Crippen molar-refractivity contribution in [3.63, 3.8) is 0 Å². The lowest BCUT2D eigenvalue weighted by Gasteiger charge is -2.21. The average Bonchev–Trinajstić information content (AvgIpc) is 1.59.